The van der Waals surface area contributed by atoms with Crippen LogP contribution in [0.1, 0.15) is 32.6 Å². The summed E-state index contributed by atoms with van der Waals surface area (Å²) in [5.74, 6) is 0. The first-order valence-corrected chi connectivity index (χ1v) is 6.32. The first kappa shape index (κ1) is 10.5. The molecule has 3 heteroatoms. The van der Waals surface area contributed by atoms with Gasteiger partial charge in [-0.1, -0.05) is 25.1 Å². The molecule has 3 rings (SSSR count). The molecular formula is C14H17N3. The molecule has 2 aromatic rings. The number of hydrogen-bond acceptors (Lipinski definition) is 3. The van der Waals surface area contributed by atoms with Crippen LogP contribution in [0, 0.1) is 0 Å². The monoisotopic (exact) mass is 227 g/mol. The third-order valence-corrected chi connectivity index (χ3v) is 3.93. The third-order valence-electron chi connectivity index (χ3n) is 3.93. The van der Waals surface area contributed by atoms with Crippen molar-refractivity contribution in [1.82, 2.24) is 10.2 Å². The average molecular weight is 227 g/mol. The van der Waals surface area contributed by atoms with Gasteiger partial charge in [0, 0.05) is 10.9 Å². The van der Waals surface area contributed by atoms with E-state index in [1.54, 1.807) is 0 Å². The summed E-state index contributed by atoms with van der Waals surface area (Å²) >= 11 is 0. The van der Waals surface area contributed by atoms with Gasteiger partial charge >= 0.3 is 0 Å². The molecule has 1 saturated carbocycles. The number of rotatable bonds is 3. The molecule has 1 fully saturated rings. The second-order valence-electron chi connectivity index (χ2n) is 4.89. The molecule has 0 radical (unpaired) electrons. The lowest BCUT2D eigenvalue weighted by Gasteiger charge is -2.43. The molecule has 1 aromatic heterocycles. The summed E-state index contributed by atoms with van der Waals surface area (Å²) in [6.07, 6.45) is 6.87. The second kappa shape index (κ2) is 3.99. The summed E-state index contributed by atoms with van der Waals surface area (Å²) in [5, 5.41) is 13.1. The SMILES string of the molecule is CCC1(Nc2cnnc3ccccc23)CCC1. The van der Waals surface area contributed by atoms with Crippen LogP contribution in [0.4, 0.5) is 5.69 Å². The molecule has 1 heterocycles. The minimum Gasteiger partial charge on any atom is -0.378 e. The van der Waals surface area contributed by atoms with Crippen LogP contribution in [0.3, 0.4) is 0 Å². The van der Waals surface area contributed by atoms with Crippen LogP contribution in [-0.4, -0.2) is 15.7 Å². The Kier molecular flexibility index (Phi) is 2.46. The van der Waals surface area contributed by atoms with Gasteiger partial charge in [-0.3, -0.25) is 0 Å². The number of benzene rings is 1. The van der Waals surface area contributed by atoms with Crippen molar-refractivity contribution in [2.24, 2.45) is 0 Å². The quantitative estimate of drug-likeness (QED) is 0.873. The van der Waals surface area contributed by atoms with E-state index in [2.05, 4.69) is 34.6 Å². The van der Waals surface area contributed by atoms with Crippen molar-refractivity contribution in [3.05, 3.63) is 30.5 Å². The van der Waals surface area contributed by atoms with Gasteiger partial charge in [0.2, 0.25) is 0 Å². The van der Waals surface area contributed by atoms with Crippen molar-refractivity contribution in [2.45, 2.75) is 38.1 Å². The van der Waals surface area contributed by atoms with Crippen LogP contribution in [0.15, 0.2) is 30.5 Å². The molecule has 0 atom stereocenters. The number of nitrogens with one attached hydrogen (secondary N) is 1. The molecule has 0 saturated heterocycles. The number of nitrogens with zero attached hydrogens (tertiary/aromatic N) is 2. The van der Waals surface area contributed by atoms with Gasteiger partial charge in [0.1, 0.15) is 0 Å². The maximum absolute atomic E-state index is 4.15. The Labute approximate surface area is 101 Å². The fraction of sp³-hybridized carbons (Fsp3) is 0.429. The van der Waals surface area contributed by atoms with Crippen LogP contribution in [0.5, 0.6) is 0 Å². The maximum atomic E-state index is 4.15. The van der Waals surface area contributed by atoms with Crippen LogP contribution < -0.4 is 5.32 Å². The van der Waals surface area contributed by atoms with Crippen molar-refractivity contribution < 1.29 is 0 Å². The molecule has 0 spiro atoms. The molecule has 0 bridgehead atoms. The molecule has 0 amide bonds. The molecule has 1 aliphatic carbocycles. The van der Waals surface area contributed by atoms with E-state index in [4.69, 9.17) is 0 Å². The number of anilines is 1. The highest BCUT2D eigenvalue weighted by atomic mass is 15.1. The lowest BCUT2D eigenvalue weighted by atomic mass is 9.74. The van der Waals surface area contributed by atoms with E-state index >= 15 is 0 Å². The fourth-order valence-corrected chi connectivity index (χ4v) is 2.56. The lowest BCUT2D eigenvalue weighted by Crippen LogP contribution is -2.44. The minimum atomic E-state index is 0.297. The molecule has 1 aliphatic rings. The van der Waals surface area contributed by atoms with Gasteiger partial charge in [-0.25, -0.2) is 0 Å². The standard InChI is InChI=1S/C14H17N3/c1-2-14(8-5-9-14)16-13-10-15-17-12-7-4-3-6-11(12)13/h3-4,6-7,10H,2,5,8-9H2,1H3,(H,16,17). The highest BCUT2D eigenvalue weighted by Crippen LogP contribution is 2.38. The predicted molar refractivity (Wildman–Crippen MR) is 70.0 cm³/mol. The average Bonchev–Trinajstić information content (AvgIpc) is 2.34. The van der Waals surface area contributed by atoms with Crippen LogP contribution in [0.25, 0.3) is 10.9 Å². The topological polar surface area (TPSA) is 37.8 Å². The highest BCUT2D eigenvalue weighted by Gasteiger charge is 2.35. The van der Waals surface area contributed by atoms with Gasteiger partial charge in [-0.15, -0.1) is 0 Å². The fourth-order valence-electron chi connectivity index (χ4n) is 2.56. The Morgan fingerprint density at radius 2 is 2.12 bits per heavy atom. The number of aromatic nitrogens is 2. The van der Waals surface area contributed by atoms with E-state index in [0.717, 1.165) is 11.2 Å². The van der Waals surface area contributed by atoms with Gasteiger partial charge in [0.25, 0.3) is 0 Å². The zero-order valence-corrected chi connectivity index (χ0v) is 10.1. The van der Waals surface area contributed by atoms with Gasteiger partial charge in [-0.05, 0) is 31.7 Å². The van der Waals surface area contributed by atoms with E-state index in [0.29, 0.717) is 5.54 Å². The van der Waals surface area contributed by atoms with Gasteiger partial charge in [0.15, 0.2) is 0 Å². The molecule has 0 aliphatic heterocycles. The maximum Gasteiger partial charge on any atom is 0.0950 e. The van der Waals surface area contributed by atoms with E-state index < -0.39 is 0 Å². The molecular weight excluding hydrogens is 210 g/mol. The van der Waals surface area contributed by atoms with Crippen LogP contribution >= 0.6 is 0 Å². The predicted octanol–water partition coefficient (Wildman–Crippen LogP) is 3.37. The number of hydrogen-bond donors (Lipinski definition) is 1. The Bertz CT molecular complexity index is 521. The molecule has 0 unspecified atom stereocenters. The Balaban J connectivity index is 2.00. The number of fused-ring (bicyclic) bond motifs is 1. The summed E-state index contributed by atoms with van der Waals surface area (Å²) < 4.78 is 0. The molecule has 17 heavy (non-hydrogen) atoms. The molecule has 88 valence electrons. The molecule has 1 N–H and O–H groups in total. The van der Waals surface area contributed by atoms with Crippen molar-refractivity contribution in [3.63, 3.8) is 0 Å². The highest BCUT2D eigenvalue weighted by molar-refractivity contribution is 5.90. The normalized spacial score (nSPS) is 17.7. The first-order valence-electron chi connectivity index (χ1n) is 6.32. The summed E-state index contributed by atoms with van der Waals surface area (Å²) in [7, 11) is 0. The zero-order chi connectivity index (χ0) is 11.7. The largest absolute Gasteiger partial charge is 0.378 e. The van der Waals surface area contributed by atoms with Gasteiger partial charge in [0.05, 0.1) is 17.4 Å². The smallest absolute Gasteiger partial charge is 0.0950 e. The van der Waals surface area contributed by atoms with Gasteiger partial charge in [-0.2, -0.15) is 10.2 Å². The summed E-state index contributed by atoms with van der Waals surface area (Å²) in [6.45, 7) is 2.25. The lowest BCUT2D eigenvalue weighted by molar-refractivity contribution is 0.270. The molecule has 1 aromatic carbocycles. The van der Waals surface area contributed by atoms with Crippen molar-refractivity contribution >= 4 is 16.6 Å². The first-order chi connectivity index (χ1) is 8.33. The van der Waals surface area contributed by atoms with Crippen molar-refractivity contribution in [2.75, 3.05) is 5.32 Å². The van der Waals surface area contributed by atoms with Crippen molar-refractivity contribution in [1.29, 1.82) is 0 Å². The molecule has 3 nitrogen and oxygen atoms in total. The van der Waals surface area contributed by atoms with E-state index in [1.165, 1.54) is 31.1 Å². The second-order valence-corrected chi connectivity index (χ2v) is 4.89. The summed E-state index contributed by atoms with van der Waals surface area (Å²) in [5.41, 5.74) is 2.38. The minimum absolute atomic E-state index is 0.297. The Morgan fingerprint density at radius 1 is 1.29 bits per heavy atom. The summed E-state index contributed by atoms with van der Waals surface area (Å²) in [6, 6.07) is 8.16. The Morgan fingerprint density at radius 3 is 2.82 bits per heavy atom. The van der Waals surface area contributed by atoms with Crippen molar-refractivity contribution in [3.8, 4) is 0 Å². The van der Waals surface area contributed by atoms with E-state index in [-0.39, 0.29) is 0 Å². The van der Waals surface area contributed by atoms with E-state index in [1.807, 2.05) is 18.3 Å². The summed E-state index contributed by atoms with van der Waals surface area (Å²) in [4.78, 5) is 0. The van der Waals surface area contributed by atoms with Gasteiger partial charge < -0.3 is 5.32 Å². The van der Waals surface area contributed by atoms with E-state index in [9.17, 15) is 0 Å². The van der Waals surface area contributed by atoms with Crippen LogP contribution in [0.2, 0.25) is 0 Å². The van der Waals surface area contributed by atoms with Crippen LogP contribution in [-0.2, 0) is 0 Å². The Hall–Kier alpha value is -1.64. The third kappa shape index (κ3) is 1.75. The zero-order valence-electron chi connectivity index (χ0n) is 10.1.